The topological polar surface area (TPSA) is 114 Å². The Labute approximate surface area is 434 Å². The molecule has 382 valence electrons. The number of carbonyl (C=O) groups excluding carboxylic acids is 1. The zero-order valence-corrected chi connectivity index (χ0v) is 47.7. The summed E-state index contributed by atoms with van der Waals surface area (Å²) in [6.45, 7) is 35.5. The molecule has 0 spiro atoms. The van der Waals surface area contributed by atoms with E-state index in [2.05, 4.69) is 144 Å². The Hall–Kier alpha value is -5.48. The molecule has 7 rings (SSSR count). The van der Waals surface area contributed by atoms with E-state index in [-0.39, 0.29) is 33.2 Å². The minimum atomic E-state index is -1.40. The number of piperidine rings is 1. The van der Waals surface area contributed by atoms with Gasteiger partial charge in [-0.2, -0.15) is 5.10 Å². The van der Waals surface area contributed by atoms with Crippen LogP contribution in [0.15, 0.2) is 102 Å². The number of aldehydes is 1. The van der Waals surface area contributed by atoms with E-state index in [0.29, 0.717) is 17.1 Å². The highest BCUT2D eigenvalue weighted by atomic mass is 31.1. The summed E-state index contributed by atoms with van der Waals surface area (Å²) in [4.78, 5) is 12.0. The number of hydrogen-bond donors (Lipinski definition) is 4. The van der Waals surface area contributed by atoms with E-state index in [1.165, 1.54) is 19.3 Å². The maximum absolute atomic E-state index is 12.0. The fraction of sp³-hybridized carbons (Fsp3) is 0.397. The summed E-state index contributed by atoms with van der Waals surface area (Å²) >= 11 is 0. The summed E-state index contributed by atoms with van der Waals surface area (Å²) in [5.41, 5.74) is 8.44. The molecule has 1 fully saturated rings. The van der Waals surface area contributed by atoms with Crippen LogP contribution in [0.5, 0.6) is 23.0 Å². The molecule has 4 N–H and O–H groups in total. The molecule has 7 nitrogen and oxygen atoms in total. The standard InChI is InChI=1S/C34H45N2O2P.C29H35O3P/c1-23-18-26(33(3,4)5)31(37)29(20-23)39(30-21-24(2)19-27(32(30)38)34(6,7)8)28-15-11-10-14-25(28)22-35-36-16-12-9-13-17-36;1-18-13-21(28(3,4)5)26(31)24(15-18)33(23-12-10-9-11-20(23)17-30)25-16-19(2)14-22(27(25)32)29(6,7)8/h10-11,14-15,18-22,37-38H,9,12-13,16-17H2,1-8H3;9-17,31-32H,1-8H3/b35-22+;. The Morgan fingerprint density at radius 2 is 0.722 bits per heavy atom. The Morgan fingerprint density at radius 3 is 1.03 bits per heavy atom. The van der Waals surface area contributed by atoms with Crippen molar-refractivity contribution in [1.29, 1.82) is 0 Å². The van der Waals surface area contributed by atoms with Crippen molar-refractivity contribution in [2.24, 2.45) is 5.10 Å². The van der Waals surface area contributed by atoms with E-state index in [1.54, 1.807) is 6.07 Å². The number of phenolic OH excluding ortho intramolecular Hbond substituents is 4. The van der Waals surface area contributed by atoms with Crippen LogP contribution in [-0.4, -0.2) is 51.0 Å². The second-order valence-corrected chi connectivity index (χ2v) is 28.1. The van der Waals surface area contributed by atoms with Crippen LogP contribution in [0.3, 0.4) is 0 Å². The zero-order chi connectivity index (χ0) is 53.2. The minimum absolute atomic E-state index is 0.230. The highest BCUT2D eigenvalue weighted by Crippen LogP contribution is 2.47. The molecule has 0 bridgehead atoms. The first-order chi connectivity index (χ1) is 33.5. The van der Waals surface area contributed by atoms with Crippen molar-refractivity contribution in [2.75, 3.05) is 13.1 Å². The second-order valence-electron chi connectivity index (χ2n) is 23.9. The number of nitrogens with zero attached hydrogens (tertiary/aromatic N) is 2. The van der Waals surface area contributed by atoms with Crippen molar-refractivity contribution in [3.8, 4) is 23.0 Å². The number of benzene rings is 6. The normalized spacial score (nSPS) is 13.7. The van der Waals surface area contributed by atoms with Crippen molar-refractivity contribution >= 4 is 60.2 Å². The summed E-state index contributed by atoms with van der Waals surface area (Å²) in [5, 5.41) is 59.0. The van der Waals surface area contributed by atoms with Crippen LogP contribution in [0.4, 0.5) is 0 Å². The first-order valence-electron chi connectivity index (χ1n) is 25.4. The van der Waals surface area contributed by atoms with Gasteiger partial charge in [-0.15, -0.1) is 0 Å². The monoisotopic (exact) mass is 1010 g/mol. The minimum Gasteiger partial charge on any atom is -0.507 e. The first-order valence-corrected chi connectivity index (χ1v) is 28.1. The lowest BCUT2D eigenvalue weighted by molar-refractivity contribution is 0.112. The molecule has 0 atom stereocenters. The smallest absolute Gasteiger partial charge is 0.150 e. The first kappa shape index (κ1) is 55.8. The molecule has 9 heteroatoms. The SMILES string of the molecule is Cc1cc(P(c2ccccc2/C=N/N2CCCCC2)c2cc(C)cc(C(C)(C)C)c2O)c(O)c(C(C)(C)C)c1.Cc1cc(P(c2ccccc2C=O)c2cc(C)cc(C(C)(C)C)c2O)c(O)c(C(C)(C)C)c1. The van der Waals surface area contributed by atoms with Gasteiger partial charge in [0.15, 0.2) is 6.29 Å². The molecule has 0 aliphatic carbocycles. The number of carbonyl (C=O) groups is 1. The van der Waals surface area contributed by atoms with Crippen LogP contribution in [0.1, 0.15) is 163 Å². The molecule has 72 heavy (non-hydrogen) atoms. The van der Waals surface area contributed by atoms with E-state index >= 15 is 0 Å². The van der Waals surface area contributed by atoms with Crippen LogP contribution >= 0.6 is 15.8 Å². The highest BCUT2D eigenvalue weighted by molar-refractivity contribution is 7.80. The summed E-state index contributed by atoms with van der Waals surface area (Å²) in [7, 11) is -2.71. The molecule has 1 aliphatic heterocycles. The van der Waals surface area contributed by atoms with Gasteiger partial charge in [0.1, 0.15) is 23.0 Å². The maximum Gasteiger partial charge on any atom is 0.150 e. The van der Waals surface area contributed by atoms with Crippen LogP contribution in [0.2, 0.25) is 0 Å². The number of hydrazone groups is 1. The molecule has 0 aromatic heterocycles. The fourth-order valence-electron chi connectivity index (χ4n) is 9.51. The van der Waals surface area contributed by atoms with Gasteiger partial charge < -0.3 is 20.4 Å². The van der Waals surface area contributed by atoms with Crippen LogP contribution in [-0.2, 0) is 21.7 Å². The number of phenols is 4. The van der Waals surface area contributed by atoms with Crippen LogP contribution in [0.25, 0.3) is 0 Å². The summed E-state index contributed by atoms with van der Waals surface area (Å²) in [6.07, 6.45) is 6.44. The van der Waals surface area contributed by atoms with E-state index in [1.807, 2.05) is 68.6 Å². The average molecular weight is 1010 g/mol. The molecule has 0 unspecified atom stereocenters. The summed E-state index contributed by atoms with van der Waals surface area (Å²) in [6, 6.07) is 32.3. The van der Waals surface area contributed by atoms with E-state index in [4.69, 9.17) is 5.10 Å². The molecular formula is C63H80N2O5P2. The van der Waals surface area contributed by atoms with E-state index in [0.717, 1.165) is 101 Å². The van der Waals surface area contributed by atoms with Gasteiger partial charge in [0, 0.05) is 67.7 Å². The molecule has 0 amide bonds. The van der Waals surface area contributed by atoms with E-state index in [9.17, 15) is 25.2 Å². The lowest BCUT2D eigenvalue weighted by atomic mass is 9.85. The van der Waals surface area contributed by atoms with Crippen molar-refractivity contribution < 1.29 is 25.2 Å². The third-order valence-electron chi connectivity index (χ3n) is 13.3. The third-order valence-corrected chi connectivity index (χ3v) is 18.4. The van der Waals surface area contributed by atoms with Crippen LogP contribution < -0.4 is 31.8 Å². The molecule has 0 saturated carbocycles. The van der Waals surface area contributed by atoms with Gasteiger partial charge in [0.2, 0.25) is 0 Å². The molecule has 1 saturated heterocycles. The van der Waals surface area contributed by atoms with Crippen molar-refractivity contribution in [3.05, 3.63) is 153 Å². The Bertz CT molecular complexity index is 2820. The lowest BCUT2D eigenvalue weighted by Crippen LogP contribution is -2.28. The van der Waals surface area contributed by atoms with Crippen molar-refractivity contribution in [3.63, 3.8) is 0 Å². The van der Waals surface area contributed by atoms with Crippen molar-refractivity contribution in [2.45, 2.75) is 152 Å². The predicted molar refractivity (Wildman–Crippen MR) is 309 cm³/mol. The summed E-state index contributed by atoms with van der Waals surface area (Å²) in [5.74, 6) is 1.11. The predicted octanol–water partition coefficient (Wildman–Crippen LogP) is 12.8. The Kier molecular flexibility index (Phi) is 17.0. The molecule has 6 aromatic rings. The maximum atomic E-state index is 12.0. The van der Waals surface area contributed by atoms with Gasteiger partial charge in [-0.3, -0.25) is 9.80 Å². The zero-order valence-electron chi connectivity index (χ0n) is 45.9. The number of rotatable bonds is 9. The molecule has 1 heterocycles. The molecule has 1 aliphatic rings. The summed E-state index contributed by atoms with van der Waals surface area (Å²) < 4.78 is 0. The third kappa shape index (κ3) is 12.6. The quantitative estimate of drug-likeness (QED) is 0.0652. The van der Waals surface area contributed by atoms with Crippen LogP contribution in [0, 0.1) is 27.7 Å². The van der Waals surface area contributed by atoms with Gasteiger partial charge in [0.05, 0.1) is 6.21 Å². The van der Waals surface area contributed by atoms with Gasteiger partial charge in [0.25, 0.3) is 0 Å². The fourth-order valence-corrected chi connectivity index (χ4v) is 15.0. The van der Waals surface area contributed by atoms with Gasteiger partial charge in [-0.1, -0.05) is 156 Å². The van der Waals surface area contributed by atoms with Gasteiger partial charge in [-0.25, -0.2) is 0 Å². The Balaban J connectivity index is 0.000000239. The number of hydrogen-bond acceptors (Lipinski definition) is 7. The van der Waals surface area contributed by atoms with Gasteiger partial charge in [-0.05, 0) is 142 Å². The second kappa shape index (κ2) is 21.9. The Morgan fingerprint density at radius 1 is 0.431 bits per heavy atom. The largest absolute Gasteiger partial charge is 0.507 e. The molecular weight excluding hydrogens is 927 g/mol. The highest BCUT2D eigenvalue weighted by Gasteiger charge is 2.34. The molecule has 0 radical (unpaired) electrons. The van der Waals surface area contributed by atoms with Crippen molar-refractivity contribution in [1.82, 2.24) is 5.01 Å². The van der Waals surface area contributed by atoms with E-state index < -0.39 is 15.8 Å². The number of aryl methyl sites for hydroxylation is 4. The van der Waals surface area contributed by atoms with Gasteiger partial charge >= 0.3 is 0 Å². The average Bonchev–Trinajstić information content (AvgIpc) is 3.29. The number of aromatic hydroxyl groups is 4. The lowest BCUT2D eigenvalue weighted by Gasteiger charge is -2.30. The molecule has 6 aromatic carbocycles.